The van der Waals surface area contributed by atoms with Crippen LogP contribution in [0.1, 0.15) is 33.3 Å². The second-order valence-corrected chi connectivity index (χ2v) is 10.9. The van der Waals surface area contributed by atoms with Crippen molar-refractivity contribution in [2.75, 3.05) is 21.6 Å². The van der Waals surface area contributed by atoms with Gasteiger partial charge in [0.25, 0.3) is 0 Å². The van der Waals surface area contributed by atoms with Gasteiger partial charge in [0.2, 0.25) is 21.1 Å². The topological polar surface area (TPSA) is 92.3 Å². The van der Waals surface area contributed by atoms with Gasteiger partial charge in [0.05, 0.1) is 11.9 Å². The summed E-state index contributed by atoms with van der Waals surface area (Å²) in [6, 6.07) is 6.23. The van der Waals surface area contributed by atoms with Gasteiger partial charge in [0.1, 0.15) is 6.04 Å². The Morgan fingerprint density at radius 1 is 1.21 bits per heavy atom. The van der Waals surface area contributed by atoms with Gasteiger partial charge in [-0.3, -0.25) is 14.4 Å². The van der Waals surface area contributed by atoms with E-state index in [1.165, 1.54) is 11.3 Å². The number of thioether (sulfide) groups is 1. The highest BCUT2D eigenvalue weighted by molar-refractivity contribution is 8.01. The van der Waals surface area contributed by atoms with Gasteiger partial charge in [-0.2, -0.15) is 0 Å². The molecule has 10 heteroatoms. The van der Waals surface area contributed by atoms with E-state index >= 15 is 0 Å². The van der Waals surface area contributed by atoms with Crippen LogP contribution in [-0.4, -0.2) is 42.6 Å². The number of rotatable bonds is 9. The maximum Gasteiger partial charge on any atom is 0.249 e. The number of carbonyl (C=O) groups excluding carboxylic acids is 1. The third-order valence-electron chi connectivity index (χ3n) is 3.86. The summed E-state index contributed by atoms with van der Waals surface area (Å²) in [5.74, 6) is 0.977. The second-order valence-electron chi connectivity index (χ2n) is 6.82. The number of aryl methyl sites for hydroxylation is 1. The van der Waals surface area contributed by atoms with Crippen molar-refractivity contribution in [2.45, 2.75) is 44.5 Å². The quantitative estimate of drug-likeness (QED) is 0.471. The number of sulfonamides is 1. The average Bonchev–Trinajstić information content (AvgIpc) is 3.07. The van der Waals surface area contributed by atoms with Crippen molar-refractivity contribution in [2.24, 2.45) is 5.92 Å². The van der Waals surface area contributed by atoms with E-state index in [1.54, 1.807) is 30.8 Å². The molecule has 28 heavy (non-hydrogen) atoms. The molecule has 1 unspecified atom stereocenters. The molecule has 0 aliphatic heterocycles. The van der Waals surface area contributed by atoms with Gasteiger partial charge in [0, 0.05) is 5.75 Å². The molecule has 0 bridgehead atoms. The van der Waals surface area contributed by atoms with Crippen LogP contribution in [0.3, 0.4) is 0 Å². The highest BCUT2D eigenvalue weighted by Crippen LogP contribution is 2.28. The number of nitrogens with one attached hydrogen (secondary N) is 1. The third-order valence-corrected chi connectivity index (χ3v) is 7.50. The highest BCUT2D eigenvalue weighted by atomic mass is 32.2. The van der Waals surface area contributed by atoms with Crippen molar-refractivity contribution in [1.82, 2.24) is 10.2 Å². The zero-order valence-corrected chi connectivity index (χ0v) is 19.1. The number of carbonyl (C=O) groups is 1. The maximum absolute atomic E-state index is 12.7. The Hall–Kier alpha value is -1.65. The highest BCUT2D eigenvalue weighted by Gasteiger charge is 2.29. The molecule has 1 aromatic heterocycles. The van der Waals surface area contributed by atoms with E-state index < -0.39 is 22.0 Å². The standard InChI is InChI=1S/C18H26N4O3S3/c1-6-14-7-9-15(10-8-14)22(28(5,24)25)13(4)16(23)19-17-20-21-18(27-17)26-11-12(2)3/h7-10,12-13H,6,11H2,1-5H3,(H,19,20,23). The van der Waals surface area contributed by atoms with Crippen LogP contribution in [0.4, 0.5) is 10.8 Å². The Labute approximate surface area is 175 Å². The minimum Gasteiger partial charge on any atom is -0.299 e. The van der Waals surface area contributed by atoms with Gasteiger partial charge in [-0.05, 0) is 37.0 Å². The van der Waals surface area contributed by atoms with Crippen molar-refractivity contribution in [3.05, 3.63) is 29.8 Å². The zero-order valence-electron chi connectivity index (χ0n) is 16.7. The number of aromatic nitrogens is 2. The van der Waals surface area contributed by atoms with E-state index in [-0.39, 0.29) is 0 Å². The summed E-state index contributed by atoms with van der Waals surface area (Å²) in [6.07, 6.45) is 1.94. The van der Waals surface area contributed by atoms with Crippen LogP contribution in [0.5, 0.6) is 0 Å². The number of amides is 1. The number of nitrogens with zero attached hydrogens (tertiary/aromatic N) is 3. The van der Waals surface area contributed by atoms with Gasteiger partial charge in [-0.1, -0.05) is 56.0 Å². The molecule has 0 radical (unpaired) electrons. The monoisotopic (exact) mass is 442 g/mol. The lowest BCUT2D eigenvalue weighted by molar-refractivity contribution is -0.116. The normalized spacial score (nSPS) is 12.8. The minimum absolute atomic E-state index is 0.359. The van der Waals surface area contributed by atoms with Gasteiger partial charge in [0.15, 0.2) is 4.34 Å². The smallest absolute Gasteiger partial charge is 0.249 e. The molecule has 0 saturated carbocycles. The molecule has 1 heterocycles. The molecule has 1 aromatic carbocycles. The maximum atomic E-state index is 12.7. The Kier molecular flexibility index (Phi) is 7.85. The van der Waals surface area contributed by atoms with Crippen LogP contribution in [-0.2, 0) is 21.2 Å². The van der Waals surface area contributed by atoms with E-state index in [2.05, 4.69) is 29.4 Å². The SMILES string of the molecule is CCc1ccc(N(C(C)C(=O)Nc2nnc(SCC(C)C)s2)S(C)(=O)=O)cc1. The molecule has 2 rings (SSSR count). The first-order valence-corrected chi connectivity index (χ1v) is 12.6. The summed E-state index contributed by atoms with van der Waals surface area (Å²) >= 11 is 2.86. The fraction of sp³-hybridized carbons (Fsp3) is 0.500. The molecule has 0 saturated heterocycles. The van der Waals surface area contributed by atoms with Gasteiger partial charge in [-0.15, -0.1) is 10.2 Å². The van der Waals surface area contributed by atoms with Gasteiger partial charge < -0.3 is 0 Å². The number of hydrogen-bond donors (Lipinski definition) is 1. The molecule has 0 spiro atoms. The molecule has 2 aromatic rings. The summed E-state index contributed by atoms with van der Waals surface area (Å²) in [5.41, 5.74) is 1.54. The Balaban J connectivity index is 2.15. The summed E-state index contributed by atoms with van der Waals surface area (Å²) in [4.78, 5) is 12.7. The van der Waals surface area contributed by atoms with Gasteiger partial charge >= 0.3 is 0 Å². The van der Waals surface area contributed by atoms with E-state index in [4.69, 9.17) is 0 Å². The first-order chi connectivity index (χ1) is 13.1. The molecule has 1 atom stereocenters. The zero-order chi connectivity index (χ0) is 20.9. The molecular formula is C18H26N4O3S3. The van der Waals surface area contributed by atoms with Crippen LogP contribution < -0.4 is 9.62 Å². The first kappa shape index (κ1) is 22.6. The lowest BCUT2D eigenvalue weighted by Gasteiger charge is -2.28. The molecular weight excluding hydrogens is 416 g/mol. The molecule has 154 valence electrons. The molecule has 1 N–H and O–H groups in total. The first-order valence-electron chi connectivity index (χ1n) is 8.97. The van der Waals surface area contributed by atoms with Crippen molar-refractivity contribution in [3.8, 4) is 0 Å². The predicted molar refractivity (Wildman–Crippen MR) is 117 cm³/mol. The fourth-order valence-electron chi connectivity index (χ4n) is 2.45. The average molecular weight is 443 g/mol. The Bertz CT molecular complexity index is 895. The number of benzene rings is 1. The third kappa shape index (κ3) is 6.18. The lowest BCUT2D eigenvalue weighted by atomic mass is 10.1. The van der Waals surface area contributed by atoms with Crippen LogP contribution in [0, 0.1) is 5.92 Å². The molecule has 1 amide bonds. The summed E-state index contributed by atoms with van der Waals surface area (Å²) < 4.78 is 26.6. The van der Waals surface area contributed by atoms with Gasteiger partial charge in [-0.25, -0.2) is 8.42 Å². The largest absolute Gasteiger partial charge is 0.299 e. The van der Waals surface area contributed by atoms with Crippen LogP contribution in [0.25, 0.3) is 0 Å². The van der Waals surface area contributed by atoms with E-state index in [1.807, 2.05) is 19.1 Å². The van der Waals surface area contributed by atoms with Crippen LogP contribution in [0.15, 0.2) is 28.6 Å². The second kappa shape index (κ2) is 9.71. The summed E-state index contributed by atoms with van der Waals surface area (Å²) in [5, 5.41) is 11.1. The molecule has 7 nitrogen and oxygen atoms in total. The molecule has 0 aliphatic rings. The van der Waals surface area contributed by atoms with E-state index in [0.717, 1.165) is 32.6 Å². The molecule has 0 aliphatic carbocycles. The van der Waals surface area contributed by atoms with Crippen molar-refractivity contribution < 1.29 is 13.2 Å². The van der Waals surface area contributed by atoms with Crippen molar-refractivity contribution in [3.63, 3.8) is 0 Å². The predicted octanol–water partition coefficient (Wildman–Crippen LogP) is 3.64. The van der Waals surface area contributed by atoms with Crippen molar-refractivity contribution >= 4 is 49.8 Å². The minimum atomic E-state index is -3.65. The summed E-state index contributed by atoms with van der Waals surface area (Å²) in [6.45, 7) is 7.81. The summed E-state index contributed by atoms with van der Waals surface area (Å²) in [7, 11) is -3.65. The van der Waals surface area contributed by atoms with E-state index in [9.17, 15) is 13.2 Å². The number of anilines is 2. The van der Waals surface area contributed by atoms with Crippen LogP contribution >= 0.6 is 23.1 Å². The van der Waals surface area contributed by atoms with Crippen LogP contribution in [0.2, 0.25) is 0 Å². The van der Waals surface area contributed by atoms with Crippen molar-refractivity contribution in [1.29, 1.82) is 0 Å². The fourth-order valence-corrected chi connectivity index (χ4v) is 5.36. The lowest BCUT2D eigenvalue weighted by Crippen LogP contribution is -2.45. The Morgan fingerprint density at radius 2 is 1.86 bits per heavy atom. The molecule has 0 fully saturated rings. The Morgan fingerprint density at radius 3 is 2.39 bits per heavy atom. The number of hydrogen-bond acceptors (Lipinski definition) is 7. The van der Waals surface area contributed by atoms with E-state index in [0.29, 0.717) is 16.7 Å².